The van der Waals surface area contributed by atoms with Crippen LogP contribution in [0.15, 0.2) is 48.5 Å². The summed E-state index contributed by atoms with van der Waals surface area (Å²) in [6, 6.07) is 15.1. The standard InChI is InChI=1S/C25H26N2O6/c28-23(29)10-9-22(24(30)27-12-16-11-15(27)13-32-16)26-25(31)33-14-21-19-7-3-1-5-17(19)18-6-2-4-8-20(18)21/h1-8,15-16,21-22H,9-14H2,(H,26,31)(H,28,29)/t15-,16-,22?/m0/s1. The Kier molecular flexibility index (Phi) is 5.76. The van der Waals surface area contributed by atoms with Gasteiger partial charge in [-0.25, -0.2) is 4.79 Å². The highest BCUT2D eigenvalue weighted by atomic mass is 16.5. The van der Waals surface area contributed by atoms with Crippen LogP contribution < -0.4 is 5.32 Å². The van der Waals surface area contributed by atoms with Gasteiger partial charge in [0.1, 0.15) is 12.6 Å². The number of ether oxygens (including phenoxy) is 2. The summed E-state index contributed by atoms with van der Waals surface area (Å²) in [6.45, 7) is 1.08. The van der Waals surface area contributed by atoms with Crippen molar-refractivity contribution in [3.8, 4) is 11.1 Å². The molecule has 2 saturated heterocycles. The Labute approximate surface area is 191 Å². The molecule has 1 aliphatic carbocycles. The first-order valence-electron chi connectivity index (χ1n) is 11.3. The molecule has 2 N–H and O–H groups in total. The highest BCUT2D eigenvalue weighted by Gasteiger charge is 2.43. The smallest absolute Gasteiger partial charge is 0.407 e. The topological polar surface area (TPSA) is 105 Å². The lowest BCUT2D eigenvalue weighted by Gasteiger charge is -2.30. The van der Waals surface area contributed by atoms with Crippen molar-refractivity contribution in [1.82, 2.24) is 10.2 Å². The van der Waals surface area contributed by atoms with Gasteiger partial charge in [0, 0.05) is 18.9 Å². The number of nitrogens with zero attached hydrogens (tertiary/aromatic N) is 1. The minimum Gasteiger partial charge on any atom is -0.481 e. The zero-order valence-corrected chi connectivity index (χ0v) is 18.1. The molecule has 3 atom stereocenters. The number of hydrogen-bond donors (Lipinski definition) is 2. The Morgan fingerprint density at radius 2 is 1.76 bits per heavy atom. The third-order valence-corrected chi connectivity index (χ3v) is 6.76. The van der Waals surface area contributed by atoms with Gasteiger partial charge >= 0.3 is 12.1 Å². The highest BCUT2D eigenvalue weighted by Crippen LogP contribution is 2.44. The van der Waals surface area contributed by atoms with Crippen molar-refractivity contribution >= 4 is 18.0 Å². The average Bonchev–Trinajstić information content (AvgIpc) is 3.53. The molecular weight excluding hydrogens is 424 g/mol. The van der Waals surface area contributed by atoms with Gasteiger partial charge in [0.2, 0.25) is 5.91 Å². The summed E-state index contributed by atoms with van der Waals surface area (Å²) in [5.74, 6) is -1.39. The summed E-state index contributed by atoms with van der Waals surface area (Å²) in [7, 11) is 0. The largest absolute Gasteiger partial charge is 0.481 e. The molecule has 2 aromatic rings. The predicted molar refractivity (Wildman–Crippen MR) is 119 cm³/mol. The lowest BCUT2D eigenvalue weighted by molar-refractivity contribution is -0.139. The predicted octanol–water partition coefficient (Wildman–Crippen LogP) is 2.76. The van der Waals surface area contributed by atoms with Crippen molar-refractivity contribution in [2.75, 3.05) is 19.8 Å². The first-order chi connectivity index (χ1) is 16.0. The normalized spacial score (nSPS) is 21.4. The van der Waals surface area contributed by atoms with Gasteiger partial charge in [-0.2, -0.15) is 0 Å². The summed E-state index contributed by atoms with van der Waals surface area (Å²) in [5.41, 5.74) is 4.45. The van der Waals surface area contributed by atoms with Crippen LogP contribution in [0.3, 0.4) is 0 Å². The van der Waals surface area contributed by atoms with Gasteiger partial charge in [0.25, 0.3) is 0 Å². The number of carboxylic acid groups (broad SMARTS) is 1. The minimum absolute atomic E-state index is 0.00705. The molecule has 8 nitrogen and oxygen atoms in total. The number of likely N-dealkylation sites (tertiary alicyclic amines) is 1. The summed E-state index contributed by atoms with van der Waals surface area (Å²) < 4.78 is 11.1. The molecule has 2 bridgehead atoms. The number of hydrogen-bond acceptors (Lipinski definition) is 5. The number of carbonyl (C=O) groups is 3. The number of amides is 2. The molecule has 0 aromatic heterocycles. The van der Waals surface area contributed by atoms with Crippen LogP contribution in [0.1, 0.15) is 36.3 Å². The third-order valence-electron chi connectivity index (χ3n) is 6.76. The van der Waals surface area contributed by atoms with Gasteiger partial charge in [-0.3, -0.25) is 9.59 Å². The zero-order valence-electron chi connectivity index (χ0n) is 18.1. The number of fused-ring (bicyclic) bond motifs is 5. The van der Waals surface area contributed by atoms with E-state index in [-0.39, 0.29) is 43.4 Å². The Bertz CT molecular complexity index is 1040. The van der Waals surface area contributed by atoms with Gasteiger partial charge < -0.3 is 24.8 Å². The maximum Gasteiger partial charge on any atom is 0.407 e. The maximum atomic E-state index is 13.1. The number of rotatable bonds is 7. The fraction of sp³-hybridized carbons (Fsp3) is 0.400. The summed E-state index contributed by atoms with van der Waals surface area (Å²) in [5, 5.41) is 11.7. The number of nitrogens with one attached hydrogen (secondary N) is 1. The molecule has 0 saturated carbocycles. The van der Waals surface area contributed by atoms with E-state index in [1.165, 1.54) is 0 Å². The minimum atomic E-state index is -1.02. The molecule has 1 unspecified atom stereocenters. The Morgan fingerprint density at radius 3 is 2.33 bits per heavy atom. The first kappa shape index (κ1) is 21.5. The Balaban J connectivity index is 1.25. The zero-order chi connectivity index (χ0) is 22.9. The number of benzene rings is 2. The number of carboxylic acids is 1. The second-order valence-corrected chi connectivity index (χ2v) is 8.79. The average molecular weight is 450 g/mol. The van der Waals surface area contributed by atoms with Gasteiger partial charge in [0.05, 0.1) is 18.8 Å². The second-order valence-electron chi connectivity index (χ2n) is 8.79. The van der Waals surface area contributed by atoms with Crippen LogP contribution >= 0.6 is 0 Å². The number of morpholine rings is 1. The summed E-state index contributed by atoms with van der Waals surface area (Å²) in [6.07, 6.45) is -0.136. The lowest BCUT2D eigenvalue weighted by Crippen LogP contribution is -2.52. The van der Waals surface area contributed by atoms with Crippen molar-refractivity contribution in [1.29, 1.82) is 0 Å². The number of aliphatic carboxylic acids is 1. The van der Waals surface area contributed by atoms with Gasteiger partial charge in [0.15, 0.2) is 0 Å². The molecule has 2 aliphatic heterocycles. The molecule has 2 heterocycles. The molecular formula is C25H26N2O6. The Hall–Kier alpha value is -3.39. The molecule has 0 radical (unpaired) electrons. The lowest BCUT2D eigenvalue weighted by atomic mass is 9.98. The molecule has 2 amide bonds. The molecule has 3 aliphatic rings. The summed E-state index contributed by atoms with van der Waals surface area (Å²) in [4.78, 5) is 38.6. The van der Waals surface area contributed by atoms with Crippen molar-refractivity contribution in [3.63, 3.8) is 0 Å². The fourth-order valence-electron chi connectivity index (χ4n) is 5.18. The van der Waals surface area contributed by atoms with Crippen LogP contribution in [0.5, 0.6) is 0 Å². The van der Waals surface area contributed by atoms with Crippen molar-refractivity contribution in [2.24, 2.45) is 0 Å². The van der Waals surface area contributed by atoms with Crippen molar-refractivity contribution < 1.29 is 29.0 Å². The molecule has 2 aromatic carbocycles. The fourth-order valence-corrected chi connectivity index (χ4v) is 5.18. The number of alkyl carbamates (subject to hydrolysis) is 1. The molecule has 0 spiro atoms. The van der Waals surface area contributed by atoms with E-state index in [4.69, 9.17) is 14.6 Å². The van der Waals surface area contributed by atoms with Gasteiger partial charge in [-0.1, -0.05) is 48.5 Å². The van der Waals surface area contributed by atoms with E-state index in [9.17, 15) is 14.4 Å². The van der Waals surface area contributed by atoms with Crippen LogP contribution in [0.25, 0.3) is 11.1 Å². The molecule has 8 heteroatoms. The van der Waals surface area contributed by atoms with Crippen LogP contribution in [-0.4, -0.2) is 65.9 Å². The molecule has 5 rings (SSSR count). The maximum absolute atomic E-state index is 13.1. The molecule has 33 heavy (non-hydrogen) atoms. The van der Waals surface area contributed by atoms with E-state index in [0.717, 1.165) is 28.7 Å². The van der Waals surface area contributed by atoms with Gasteiger partial charge in [-0.15, -0.1) is 0 Å². The number of carbonyl (C=O) groups excluding carboxylic acids is 2. The van der Waals surface area contributed by atoms with E-state index in [0.29, 0.717) is 13.2 Å². The van der Waals surface area contributed by atoms with Crippen LogP contribution in [0, 0.1) is 0 Å². The van der Waals surface area contributed by atoms with E-state index in [1.54, 1.807) is 4.90 Å². The van der Waals surface area contributed by atoms with Crippen LogP contribution in [-0.2, 0) is 19.1 Å². The first-order valence-corrected chi connectivity index (χ1v) is 11.3. The third kappa shape index (κ3) is 4.18. The van der Waals surface area contributed by atoms with Crippen molar-refractivity contribution in [3.05, 3.63) is 59.7 Å². The van der Waals surface area contributed by atoms with E-state index in [1.807, 2.05) is 36.4 Å². The SMILES string of the molecule is O=C(O)CCC(NC(=O)OCC1c2ccccc2-c2ccccc21)C(=O)N1C[C@@H]2C[C@H]1CO2. The second kappa shape index (κ2) is 8.86. The molecule has 2 fully saturated rings. The van der Waals surface area contributed by atoms with Crippen molar-refractivity contribution in [2.45, 2.75) is 43.4 Å². The van der Waals surface area contributed by atoms with Crippen LogP contribution in [0.2, 0.25) is 0 Å². The van der Waals surface area contributed by atoms with E-state index in [2.05, 4.69) is 17.4 Å². The highest BCUT2D eigenvalue weighted by molar-refractivity contribution is 5.87. The quantitative estimate of drug-likeness (QED) is 0.672. The summed E-state index contributed by atoms with van der Waals surface area (Å²) >= 11 is 0. The van der Waals surface area contributed by atoms with E-state index >= 15 is 0 Å². The van der Waals surface area contributed by atoms with Gasteiger partial charge in [-0.05, 0) is 35.1 Å². The monoisotopic (exact) mass is 450 g/mol. The molecule has 172 valence electrons. The Morgan fingerprint density at radius 1 is 1.09 bits per heavy atom. The van der Waals surface area contributed by atoms with Crippen LogP contribution in [0.4, 0.5) is 4.79 Å². The van der Waals surface area contributed by atoms with E-state index < -0.39 is 18.1 Å².